The van der Waals surface area contributed by atoms with E-state index in [0.717, 1.165) is 12.8 Å². The maximum atomic E-state index is 12.6. The maximum absolute atomic E-state index is 12.6. The SMILES string of the molecule is COC(=O)C1CCN(C(=O)N2CCCC(C(=O)N(C)C(C)C)C2)O1. The number of carbonyl (C=O) groups excluding carboxylic acids is 3. The molecule has 0 radical (unpaired) electrons. The van der Waals surface area contributed by atoms with Gasteiger partial charge in [0.05, 0.1) is 19.6 Å². The van der Waals surface area contributed by atoms with Crippen molar-refractivity contribution in [3.05, 3.63) is 0 Å². The number of methoxy groups -OCH3 is 1. The number of nitrogens with zero attached hydrogens (tertiary/aromatic N) is 3. The highest BCUT2D eigenvalue weighted by molar-refractivity contribution is 5.81. The monoisotopic (exact) mass is 341 g/mol. The summed E-state index contributed by atoms with van der Waals surface area (Å²) in [5.41, 5.74) is 0. The number of hydrogen-bond donors (Lipinski definition) is 0. The van der Waals surface area contributed by atoms with Crippen molar-refractivity contribution in [2.75, 3.05) is 33.8 Å². The highest BCUT2D eigenvalue weighted by atomic mass is 16.7. The Bertz CT molecular complexity index is 496. The fraction of sp³-hybridized carbons (Fsp3) is 0.812. The molecule has 24 heavy (non-hydrogen) atoms. The van der Waals surface area contributed by atoms with Crippen LogP contribution in [0.25, 0.3) is 0 Å². The Kier molecular flexibility index (Phi) is 6.04. The number of amides is 3. The Morgan fingerprint density at radius 2 is 1.92 bits per heavy atom. The van der Waals surface area contributed by atoms with E-state index in [1.807, 2.05) is 13.8 Å². The van der Waals surface area contributed by atoms with Gasteiger partial charge >= 0.3 is 12.0 Å². The van der Waals surface area contributed by atoms with Crippen LogP contribution in [0.5, 0.6) is 0 Å². The first kappa shape index (κ1) is 18.5. The summed E-state index contributed by atoms with van der Waals surface area (Å²) in [5, 5.41) is 1.21. The second kappa shape index (κ2) is 7.83. The smallest absolute Gasteiger partial charge is 0.343 e. The topological polar surface area (TPSA) is 79.4 Å². The molecule has 2 aliphatic rings. The third-order valence-corrected chi connectivity index (χ3v) is 4.69. The summed E-state index contributed by atoms with van der Waals surface area (Å²) >= 11 is 0. The average Bonchev–Trinajstić information content (AvgIpc) is 3.09. The zero-order valence-corrected chi connectivity index (χ0v) is 14.9. The van der Waals surface area contributed by atoms with Gasteiger partial charge in [-0.3, -0.25) is 9.63 Å². The van der Waals surface area contributed by atoms with Crippen molar-refractivity contribution in [2.45, 2.75) is 45.3 Å². The molecule has 2 heterocycles. The molecule has 136 valence electrons. The molecule has 8 heteroatoms. The van der Waals surface area contributed by atoms with Crippen molar-refractivity contribution >= 4 is 17.9 Å². The fourth-order valence-electron chi connectivity index (χ4n) is 2.98. The van der Waals surface area contributed by atoms with Crippen LogP contribution in [0.15, 0.2) is 0 Å². The lowest BCUT2D eigenvalue weighted by atomic mass is 9.96. The molecule has 0 aliphatic carbocycles. The minimum Gasteiger partial charge on any atom is -0.467 e. The van der Waals surface area contributed by atoms with Crippen LogP contribution in [-0.4, -0.2) is 78.7 Å². The molecule has 8 nitrogen and oxygen atoms in total. The Hall–Kier alpha value is -1.83. The number of ether oxygens (including phenoxy) is 1. The van der Waals surface area contributed by atoms with Crippen LogP contribution in [0.3, 0.4) is 0 Å². The number of hydroxylamine groups is 2. The molecule has 2 atom stereocenters. The van der Waals surface area contributed by atoms with Gasteiger partial charge in [-0.05, 0) is 26.7 Å². The van der Waals surface area contributed by atoms with E-state index < -0.39 is 12.1 Å². The molecule has 2 unspecified atom stereocenters. The van der Waals surface area contributed by atoms with Gasteiger partial charge in [-0.1, -0.05) is 0 Å². The largest absolute Gasteiger partial charge is 0.467 e. The van der Waals surface area contributed by atoms with Crippen LogP contribution in [0.4, 0.5) is 4.79 Å². The standard InChI is InChI=1S/C16H27N3O5/c1-11(2)17(3)14(20)12-6-5-8-18(10-12)16(22)19-9-7-13(24-19)15(21)23-4/h11-13H,5-10H2,1-4H3. The van der Waals surface area contributed by atoms with E-state index in [0.29, 0.717) is 26.1 Å². The van der Waals surface area contributed by atoms with Gasteiger partial charge < -0.3 is 14.5 Å². The molecule has 2 fully saturated rings. The fourth-order valence-corrected chi connectivity index (χ4v) is 2.98. The Morgan fingerprint density at radius 3 is 2.54 bits per heavy atom. The van der Waals surface area contributed by atoms with Gasteiger partial charge in [0.1, 0.15) is 0 Å². The van der Waals surface area contributed by atoms with Crippen LogP contribution in [-0.2, 0) is 19.2 Å². The van der Waals surface area contributed by atoms with Crippen LogP contribution >= 0.6 is 0 Å². The molecule has 0 bridgehead atoms. The summed E-state index contributed by atoms with van der Waals surface area (Å²) in [4.78, 5) is 45.3. The molecule has 0 saturated carbocycles. The molecule has 0 aromatic carbocycles. The number of esters is 1. The lowest BCUT2D eigenvalue weighted by Gasteiger charge is -2.36. The van der Waals surface area contributed by atoms with Gasteiger partial charge in [0.2, 0.25) is 5.91 Å². The third kappa shape index (κ3) is 3.98. The number of carbonyl (C=O) groups is 3. The lowest BCUT2D eigenvalue weighted by Crippen LogP contribution is -2.50. The predicted molar refractivity (Wildman–Crippen MR) is 85.8 cm³/mol. The highest BCUT2D eigenvalue weighted by Gasteiger charge is 2.38. The van der Waals surface area contributed by atoms with Crippen LogP contribution in [0.1, 0.15) is 33.1 Å². The van der Waals surface area contributed by atoms with Crippen molar-refractivity contribution in [1.82, 2.24) is 14.9 Å². The van der Waals surface area contributed by atoms with Crippen LogP contribution in [0, 0.1) is 5.92 Å². The summed E-state index contributed by atoms with van der Waals surface area (Å²) in [7, 11) is 3.08. The predicted octanol–water partition coefficient (Wildman–Crippen LogP) is 0.864. The second-order valence-corrected chi connectivity index (χ2v) is 6.62. The van der Waals surface area contributed by atoms with E-state index in [9.17, 15) is 14.4 Å². The van der Waals surface area contributed by atoms with Gasteiger partial charge in [-0.2, -0.15) is 0 Å². The first-order valence-electron chi connectivity index (χ1n) is 8.42. The first-order chi connectivity index (χ1) is 11.3. The quantitative estimate of drug-likeness (QED) is 0.712. The minimum absolute atomic E-state index is 0.0669. The molecule has 0 aromatic heterocycles. The Labute approximate surface area is 142 Å². The molecule has 0 N–H and O–H groups in total. The van der Waals surface area contributed by atoms with Gasteiger partial charge in [-0.25, -0.2) is 14.7 Å². The third-order valence-electron chi connectivity index (χ3n) is 4.69. The van der Waals surface area contributed by atoms with E-state index in [1.165, 1.54) is 12.2 Å². The molecule has 0 aromatic rings. The molecule has 2 saturated heterocycles. The molecular weight excluding hydrogens is 314 g/mol. The van der Waals surface area contributed by atoms with Crippen molar-refractivity contribution in [2.24, 2.45) is 5.92 Å². The summed E-state index contributed by atoms with van der Waals surface area (Å²) in [6.07, 6.45) is 1.26. The van der Waals surface area contributed by atoms with Crippen molar-refractivity contribution < 1.29 is 24.0 Å². The zero-order chi connectivity index (χ0) is 17.9. The molecule has 2 aliphatic heterocycles. The van der Waals surface area contributed by atoms with E-state index in [4.69, 9.17) is 4.84 Å². The van der Waals surface area contributed by atoms with E-state index in [1.54, 1.807) is 16.8 Å². The summed E-state index contributed by atoms with van der Waals surface area (Å²) in [6.45, 7) is 5.26. The van der Waals surface area contributed by atoms with Crippen LogP contribution < -0.4 is 0 Å². The number of urea groups is 1. The number of hydrogen-bond acceptors (Lipinski definition) is 5. The Balaban J connectivity index is 1.93. The average molecular weight is 341 g/mol. The van der Waals surface area contributed by atoms with Gasteiger partial charge in [0, 0.05) is 32.6 Å². The summed E-state index contributed by atoms with van der Waals surface area (Å²) in [6, 6.07) is -0.155. The van der Waals surface area contributed by atoms with E-state index >= 15 is 0 Å². The lowest BCUT2D eigenvalue weighted by molar-refractivity contribution is -0.170. The van der Waals surface area contributed by atoms with Gasteiger partial charge in [0.25, 0.3) is 0 Å². The van der Waals surface area contributed by atoms with Crippen LogP contribution in [0.2, 0.25) is 0 Å². The second-order valence-electron chi connectivity index (χ2n) is 6.62. The number of likely N-dealkylation sites (tertiary alicyclic amines) is 1. The summed E-state index contributed by atoms with van der Waals surface area (Å²) in [5.74, 6) is -0.595. The Morgan fingerprint density at radius 1 is 1.21 bits per heavy atom. The maximum Gasteiger partial charge on any atom is 0.343 e. The normalized spacial score (nSPS) is 24.2. The van der Waals surface area contributed by atoms with Crippen molar-refractivity contribution in [3.63, 3.8) is 0 Å². The number of piperidine rings is 1. The molecule has 3 amide bonds. The summed E-state index contributed by atoms with van der Waals surface area (Å²) < 4.78 is 4.64. The number of rotatable bonds is 3. The molecule has 0 spiro atoms. The zero-order valence-electron chi connectivity index (χ0n) is 14.9. The van der Waals surface area contributed by atoms with Crippen molar-refractivity contribution in [3.8, 4) is 0 Å². The van der Waals surface area contributed by atoms with Crippen molar-refractivity contribution in [1.29, 1.82) is 0 Å². The molecular formula is C16H27N3O5. The minimum atomic E-state index is -0.728. The highest BCUT2D eigenvalue weighted by Crippen LogP contribution is 2.23. The van der Waals surface area contributed by atoms with Gasteiger partial charge in [0.15, 0.2) is 6.10 Å². The van der Waals surface area contributed by atoms with E-state index in [2.05, 4.69) is 4.74 Å². The first-order valence-corrected chi connectivity index (χ1v) is 8.42. The van der Waals surface area contributed by atoms with Gasteiger partial charge in [-0.15, -0.1) is 0 Å². The van der Waals surface area contributed by atoms with E-state index in [-0.39, 0.29) is 23.9 Å². The molecule has 2 rings (SSSR count).